The number of anilines is 1. The molecule has 5 nitrogen and oxygen atoms in total. The number of hydrogen-bond donors (Lipinski definition) is 1. The average Bonchev–Trinajstić information content (AvgIpc) is 2.54. The van der Waals surface area contributed by atoms with Crippen molar-refractivity contribution in [3.8, 4) is 0 Å². The quantitative estimate of drug-likeness (QED) is 0.875. The van der Waals surface area contributed by atoms with Gasteiger partial charge in [-0.1, -0.05) is 6.07 Å². The summed E-state index contributed by atoms with van der Waals surface area (Å²) in [6, 6.07) is 8.22. The van der Waals surface area contributed by atoms with Crippen LogP contribution in [-0.2, 0) is 0 Å². The number of amides is 1. The van der Waals surface area contributed by atoms with E-state index in [1.807, 2.05) is 43.3 Å². The number of benzene rings is 1. The molecule has 114 valence electrons. The number of nitrogens with zero attached hydrogens (tertiary/aromatic N) is 3. The Balaban J connectivity index is 1.58. The van der Waals surface area contributed by atoms with Gasteiger partial charge in [-0.15, -0.1) is 0 Å². The molecule has 3 aliphatic heterocycles. The predicted octanol–water partition coefficient (Wildman–Crippen LogP) is 0.482. The summed E-state index contributed by atoms with van der Waals surface area (Å²) in [5.74, 6) is 0.0244. The molecule has 5 heteroatoms. The van der Waals surface area contributed by atoms with Crippen molar-refractivity contribution in [3.63, 3.8) is 0 Å². The van der Waals surface area contributed by atoms with Crippen LogP contribution >= 0.6 is 0 Å². The molecule has 2 bridgehead atoms. The fraction of sp³-hybridized carbons (Fsp3) is 0.562. The zero-order valence-corrected chi connectivity index (χ0v) is 12.9. The predicted molar refractivity (Wildman–Crippen MR) is 84.9 cm³/mol. The highest BCUT2D eigenvalue weighted by molar-refractivity contribution is 5.95. The van der Waals surface area contributed by atoms with E-state index < -0.39 is 0 Å². The van der Waals surface area contributed by atoms with E-state index in [2.05, 4.69) is 15.1 Å². The van der Waals surface area contributed by atoms with Crippen molar-refractivity contribution in [3.05, 3.63) is 29.8 Å². The van der Waals surface area contributed by atoms with Gasteiger partial charge in [0.25, 0.3) is 5.91 Å². The SMILES string of the molecule is CN(C)c1cccc(C(=O)NCC2CN3CCN2CC3)c1. The average molecular weight is 288 g/mol. The summed E-state index contributed by atoms with van der Waals surface area (Å²) in [5, 5.41) is 3.09. The van der Waals surface area contributed by atoms with Crippen LogP contribution in [0.4, 0.5) is 5.69 Å². The first-order valence-corrected chi connectivity index (χ1v) is 7.65. The Hall–Kier alpha value is -1.59. The van der Waals surface area contributed by atoms with Gasteiger partial charge in [0.1, 0.15) is 0 Å². The lowest BCUT2D eigenvalue weighted by molar-refractivity contribution is 0.0138. The molecule has 1 unspecified atom stereocenters. The fourth-order valence-corrected chi connectivity index (χ4v) is 3.16. The summed E-state index contributed by atoms with van der Waals surface area (Å²) in [7, 11) is 3.97. The molecule has 0 aliphatic carbocycles. The summed E-state index contributed by atoms with van der Waals surface area (Å²) in [4.78, 5) is 19.3. The molecule has 0 spiro atoms. The summed E-state index contributed by atoms with van der Waals surface area (Å²) < 4.78 is 0. The molecule has 1 aromatic rings. The first kappa shape index (κ1) is 14.4. The molecule has 3 heterocycles. The summed E-state index contributed by atoms with van der Waals surface area (Å²) >= 11 is 0. The molecule has 0 radical (unpaired) electrons. The highest BCUT2D eigenvalue weighted by atomic mass is 16.1. The zero-order chi connectivity index (χ0) is 14.8. The Kier molecular flexibility index (Phi) is 4.12. The van der Waals surface area contributed by atoms with Gasteiger partial charge in [0.15, 0.2) is 0 Å². The molecule has 3 saturated heterocycles. The number of carbonyl (C=O) groups excluding carboxylic acids is 1. The zero-order valence-electron chi connectivity index (χ0n) is 12.9. The molecule has 1 aromatic carbocycles. The van der Waals surface area contributed by atoms with Crippen LogP contribution in [0.2, 0.25) is 0 Å². The lowest BCUT2D eigenvalue weighted by Gasteiger charge is -2.47. The van der Waals surface area contributed by atoms with Gasteiger partial charge in [0.2, 0.25) is 0 Å². The number of rotatable bonds is 4. The van der Waals surface area contributed by atoms with E-state index in [4.69, 9.17) is 0 Å². The Labute approximate surface area is 126 Å². The van der Waals surface area contributed by atoms with Crippen LogP contribution in [0.25, 0.3) is 0 Å². The van der Waals surface area contributed by atoms with Crippen molar-refractivity contribution >= 4 is 11.6 Å². The number of piperazine rings is 3. The summed E-state index contributed by atoms with van der Waals surface area (Å²) in [5.41, 5.74) is 1.78. The van der Waals surface area contributed by atoms with E-state index in [-0.39, 0.29) is 5.91 Å². The molecule has 0 saturated carbocycles. The minimum atomic E-state index is 0.0244. The smallest absolute Gasteiger partial charge is 0.251 e. The Morgan fingerprint density at radius 2 is 2.05 bits per heavy atom. The van der Waals surface area contributed by atoms with Crippen LogP contribution in [0.3, 0.4) is 0 Å². The molecule has 4 rings (SSSR count). The molecule has 3 aliphatic rings. The minimum absolute atomic E-state index is 0.0244. The monoisotopic (exact) mass is 288 g/mol. The highest BCUT2D eigenvalue weighted by Crippen LogP contribution is 2.16. The maximum atomic E-state index is 12.3. The topological polar surface area (TPSA) is 38.8 Å². The third-order valence-corrected chi connectivity index (χ3v) is 4.52. The number of hydrogen-bond acceptors (Lipinski definition) is 4. The van der Waals surface area contributed by atoms with Crippen molar-refractivity contribution in [1.29, 1.82) is 0 Å². The van der Waals surface area contributed by atoms with Gasteiger partial charge >= 0.3 is 0 Å². The first-order chi connectivity index (χ1) is 10.1. The van der Waals surface area contributed by atoms with Gasteiger partial charge in [0.05, 0.1) is 0 Å². The van der Waals surface area contributed by atoms with Crippen LogP contribution in [0.5, 0.6) is 0 Å². The maximum absolute atomic E-state index is 12.3. The van der Waals surface area contributed by atoms with E-state index in [0.717, 1.165) is 37.4 Å². The van der Waals surface area contributed by atoms with E-state index in [1.54, 1.807) is 0 Å². The van der Waals surface area contributed by atoms with Crippen molar-refractivity contribution in [2.24, 2.45) is 0 Å². The second-order valence-corrected chi connectivity index (χ2v) is 6.15. The van der Waals surface area contributed by atoms with Crippen molar-refractivity contribution < 1.29 is 4.79 Å². The van der Waals surface area contributed by atoms with Crippen molar-refractivity contribution in [2.75, 3.05) is 58.3 Å². The fourth-order valence-electron chi connectivity index (χ4n) is 3.16. The molecule has 1 N–H and O–H groups in total. The maximum Gasteiger partial charge on any atom is 0.251 e. The van der Waals surface area contributed by atoms with Gasteiger partial charge in [-0.2, -0.15) is 0 Å². The second-order valence-electron chi connectivity index (χ2n) is 6.15. The van der Waals surface area contributed by atoms with Crippen LogP contribution in [0.1, 0.15) is 10.4 Å². The molecular weight excluding hydrogens is 264 g/mol. The van der Waals surface area contributed by atoms with Gasteiger partial charge in [-0.05, 0) is 18.2 Å². The molecular formula is C16H24N4O. The van der Waals surface area contributed by atoms with Crippen LogP contribution < -0.4 is 10.2 Å². The largest absolute Gasteiger partial charge is 0.378 e. The van der Waals surface area contributed by atoms with E-state index in [0.29, 0.717) is 6.04 Å². The third-order valence-electron chi connectivity index (χ3n) is 4.52. The van der Waals surface area contributed by atoms with Gasteiger partial charge in [0, 0.05) is 70.7 Å². The number of fused-ring (bicyclic) bond motifs is 3. The molecule has 21 heavy (non-hydrogen) atoms. The lowest BCUT2D eigenvalue weighted by atomic mass is 10.1. The van der Waals surface area contributed by atoms with Crippen LogP contribution in [-0.4, -0.2) is 75.1 Å². The van der Waals surface area contributed by atoms with E-state index >= 15 is 0 Å². The normalized spacial score (nSPS) is 27.4. The van der Waals surface area contributed by atoms with Gasteiger partial charge in [-0.25, -0.2) is 0 Å². The highest BCUT2D eigenvalue weighted by Gasteiger charge is 2.31. The second kappa shape index (κ2) is 6.03. The van der Waals surface area contributed by atoms with Gasteiger partial charge in [-0.3, -0.25) is 14.6 Å². The summed E-state index contributed by atoms with van der Waals surface area (Å²) in [6.45, 7) is 6.44. The number of nitrogens with one attached hydrogen (secondary N) is 1. The number of carbonyl (C=O) groups is 1. The van der Waals surface area contributed by atoms with E-state index in [9.17, 15) is 4.79 Å². The molecule has 1 atom stereocenters. The summed E-state index contributed by atoms with van der Waals surface area (Å²) in [6.07, 6.45) is 0. The molecule has 0 aromatic heterocycles. The Morgan fingerprint density at radius 3 is 2.67 bits per heavy atom. The third kappa shape index (κ3) is 3.19. The van der Waals surface area contributed by atoms with Crippen LogP contribution in [0.15, 0.2) is 24.3 Å². The lowest BCUT2D eigenvalue weighted by Crippen LogP contribution is -2.63. The Bertz CT molecular complexity index is 509. The van der Waals surface area contributed by atoms with Crippen LogP contribution in [0, 0.1) is 0 Å². The van der Waals surface area contributed by atoms with Crippen molar-refractivity contribution in [1.82, 2.24) is 15.1 Å². The molecule has 3 fully saturated rings. The van der Waals surface area contributed by atoms with E-state index in [1.165, 1.54) is 13.1 Å². The van der Waals surface area contributed by atoms with Crippen molar-refractivity contribution in [2.45, 2.75) is 6.04 Å². The first-order valence-electron chi connectivity index (χ1n) is 7.65. The molecule has 1 amide bonds. The Morgan fingerprint density at radius 1 is 1.29 bits per heavy atom. The van der Waals surface area contributed by atoms with Gasteiger partial charge < -0.3 is 10.2 Å². The standard InChI is InChI=1S/C16H24N4O/c1-18(2)14-5-3-4-13(10-14)16(21)17-11-15-12-19-6-8-20(15)9-7-19/h3-5,10,15H,6-9,11-12H2,1-2H3,(H,17,21). The minimum Gasteiger partial charge on any atom is -0.378 e.